The zero-order valence-electron chi connectivity index (χ0n) is 20.9. The Morgan fingerprint density at radius 2 is 1.59 bits per heavy atom. The highest BCUT2D eigenvalue weighted by atomic mass is 32.2. The van der Waals surface area contributed by atoms with Gasteiger partial charge in [0, 0.05) is 27.3 Å². The molecular weight excluding hydrogens is 562 g/mol. The first kappa shape index (κ1) is 26.3. The standard InChI is InChI=1S/C28H19N7O4S2/c29-19-14-18-16(13-24(19)41(37,38)39)12-23(40)27(28(18)36)35-32-21-8-9-22(26-17(21)5-3-11-30-26)33-34-25-10-7-15-4-1-2-6-20(15)31-25/h1-14,36,40H,29H2,(H,37,38,39). The average molecular weight is 582 g/mol. The largest absolute Gasteiger partial charge is 0.505 e. The molecule has 0 saturated carbocycles. The van der Waals surface area contributed by atoms with Gasteiger partial charge < -0.3 is 10.8 Å². The van der Waals surface area contributed by atoms with Gasteiger partial charge in [0.05, 0.1) is 22.4 Å². The molecular formula is C28H19N7O4S2. The Bertz CT molecular complexity index is 2190. The Balaban J connectivity index is 1.37. The number of benzene rings is 4. The van der Waals surface area contributed by atoms with Crippen LogP contribution in [0.1, 0.15) is 0 Å². The van der Waals surface area contributed by atoms with E-state index in [9.17, 15) is 18.1 Å². The van der Waals surface area contributed by atoms with Crippen molar-refractivity contribution in [1.29, 1.82) is 0 Å². The molecule has 6 aromatic rings. The smallest absolute Gasteiger partial charge is 0.296 e. The molecule has 4 aromatic carbocycles. The van der Waals surface area contributed by atoms with Crippen LogP contribution in [0.3, 0.4) is 0 Å². The number of phenolic OH excluding ortho intramolecular Hbond substituents is 1. The lowest BCUT2D eigenvalue weighted by atomic mass is 10.1. The van der Waals surface area contributed by atoms with Gasteiger partial charge in [-0.25, -0.2) is 4.98 Å². The van der Waals surface area contributed by atoms with Crippen LogP contribution in [0.25, 0.3) is 32.6 Å². The molecule has 11 nitrogen and oxygen atoms in total. The van der Waals surface area contributed by atoms with Crippen molar-refractivity contribution in [3.63, 3.8) is 0 Å². The van der Waals surface area contributed by atoms with Crippen LogP contribution in [0.4, 0.5) is 28.6 Å². The van der Waals surface area contributed by atoms with E-state index < -0.39 is 15.0 Å². The number of rotatable bonds is 5. The molecule has 0 unspecified atom stereocenters. The predicted molar refractivity (Wildman–Crippen MR) is 159 cm³/mol. The molecule has 0 amide bonds. The Morgan fingerprint density at radius 3 is 2.41 bits per heavy atom. The van der Waals surface area contributed by atoms with Crippen LogP contribution < -0.4 is 5.73 Å². The van der Waals surface area contributed by atoms with Crippen LogP contribution in [0.2, 0.25) is 0 Å². The van der Waals surface area contributed by atoms with E-state index in [0.717, 1.165) is 17.0 Å². The number of aromatic hydroxyl groups is 1. The van der Waals surface area contributed by atoms with Gasteiger partial charge in [0.2, 0.25) is 0 Å². The van der Waals surface area contributed by atoms with E-state index in [1.807, 2.05) is 36.4 Å². The predicted octanol–water partition coefficient (Wildman–Crippen LogP) is 7.59. The number of hydrogen-bond acceptors (Lipinski definition) is 11. The molecule has 0 radical (unpaired) electrons. The SMILES string of the molecule is Nc1cc2c(O)c(N=Nc3ccc(N=Nc4ccc5ccccc5n4)c4ncccc34)c(S)cc2cc1S(=O)(=O)O. The van der Waals surface area contributed by atoms with Gasteiger partial charge >= 0.3 is 0 Å². The van der Waals surface area contributed by atoms with Crippen molar-refractivity contribution >= 4 is 83.9 Å². The summed E-state index contributed by atoms with van der Waals surface area (Å²) in [4.78, 5) is 8.71. The number of azo groups is 2. The number of aromatic nitrogens is 2. The summed E-state index contributed by atoms with van der Waals surface area (Å²) in [6.45, 7) is 0. The minimum absolute atomic E-state index is 0.0445. The fourth-order valence-electron chi connectivity index (χ4n) is 4.35. The molecule has 6 rings (SSSR count). The molecule has 0 bridgehead atoms. The average Bonchev–Trinajstić information content (AvgIpc) is 2.96. The first-order valence-corrected chi connectivity index (χ1v) is 13.9. The van der Waals surface area contributed by atoms with E-state index in [2.05, 4.69) is 43.1 Å². The molecule has 0 saturated heterocycles. The van der Waals surface area contributed by atoms with Crippen molar-refractivity contribution in [3.05, 3.63) is 85.1 Å². The van der Waals surface area contributed by atoms with Gasteiger partial charge in [-0.05, 0) is 66.0 Å². The van der Waals surface area contributed by atoms with Gasteiger partial charge in [-0.3, -0.25) is 9.54 Å². The Morgan fingerprint density at radius 1 is 0.805 bits per heavy atom. The second kappa shape index (κ2) is 10.2. The first-order chi connectivity index (χ1) is 19.7. The molecule has 2 heterocycles. The second-order valence-corrected chi connectivity index (χ2v) is 10.8. The summed E-state index contributed by atoms with van der Waals surface area (Å²) in [5, 5.41) is 30.3. The minimum Gasteiger partial charge on any atom is -0.505 e. The lowest BCUT2D eigenvalue weighted by Crippen LogP contribution is -2.03. The van der Waals surface area contributed by atoms with Gasteiger partial charge in [0.15, 0.2) is 11.6 Å². The zero-order valence-corrected chi connectivity index (χ0v) is 22.6. The maximum absolute atomic E-state index is 11.6. The van der Waals surface area contributed by atoms with Crippen LogP contribution >= 0.6 is 12.6 Å². The van der Waals surface area contributed by atoms with Gasteiger partial charge in [-0.1, -0.05) is 18.2 Å². The molecule has 0 aliphatic rings. The Hall–Kier alpha value is -4.98. The number of phenols is 1. The topological polar surface area (TPSA) is 176 Å². The second-order valence-electron chi connectivity index (χ2n) is 8.94. The third-order valence-electron chi connectivity index (χ3n) is 6.30. The van der Waals surface area contributed by atoms with Crippen molar-refractivity contribution < 1.29 is 18.1 Å². The minimum atomic E-state index is -4.56. The molecule has 13 heteroatoms. The van der Waals surface area contributed by atoms with Crippen molar-refractivity contribution in [3.8, 4) is 5.75 Å². The summed E-state index contributed by atoms with van der Waals surface area (Å²) < 4.78 is 32.7. The van der Waals surface area contributed by atoms with Crippen LogP contribution in [0.15, 0.2) is 115 Å². The number of anilines is 1. The maximum atomic E-state index is 11.6. The summed E-state index contributed by atoms with van der Waals surface area (Å²) >= 11 is 4.39. The van der Waals surface area contributed by atoms with Crippen molar-refractivity contribution in [2.75, 3.05) is 5.73 Å². The van der Waals surface area contributed by atoms with E-state index in [0.29, 0.717) is 33.5 Å². The number of nitrogen functional groups attached to an aromatic ring is 1. The molecule has 0 aliphatic carbocycles. The summed E-state index contributed by atoms with van der Waals surface area (Å²) in [7, 11) is -4.56. The third kappa shape index (κ3) is 5.04. The molecule has 0 spiro atoms. The molecule has 2 aromatic heterocycles. The monoisotopic (exact) mass is 581 g/mol. The first-order valence-electron chi connectivity index (χ1n) is 12.0. The van der Waals surface area contributed by atoms with Crippen molar-refractivity contribution in [2.24, 2.45) is 20.5 Å². The number of nitrogens with zero attached hydrogens (tertiary/aromatic N) is 6. The van der Waals surface area contributed by atoms with E-state index in [1.54, 1.807) is 30.5 Å². The summed E-state index contributed by atoms with van der Waals surface area (Å²) in [6.07, 6.45) is 1.63. The Labute approximate surface area is 238 Å². The lowest BCUT2D eigenvalue weighted by molar-refractivity contribution is 0.480. The fraction of sp³-hybridized carbons (Fsp3) is 0. The van der Waals surface area contributed by atoms with Crippen molar-refractivity contribution in [2.45, 2.75) is 9.79 Å². The summed E-state index contributed by atoms with van der Waals surface area (Å²) in [5.74, 6) is 0.148. The van der Waals surface area contributed by atoms with E-state index in [1.165, 1.54) is 12.1 Å². The zero-order chi connectivity index (χ0) is 28.7. The fourth-order valence-corrected chi connectivity index (χ4v) is 5.28. The van der Waals surface area contributed by atoms with Crippen LogP contribution in [-0.4, -0.2) is 28.0 Å². The van der Waals surface area contributed by atoms with Crippen LogP contribution in [0, 0.1) is 0 Å². The molecule has 0 fully saturated rings. The van der Waals surface area contributed by atoms with E-state index in [4.69, 9.17) is 5.73 Å². The number of para-hydroxylation sites is 1. The van der Waals surface area contributed by atoms with E-state index in [-0.39, 0.29) is 27.4 Å². The quantitative estimate of drug-likeness (QED) is 0.0701. The number of fused-ring (bicyclic) bond motifs is 3. The molecule has 4 N–H and O–H groups in total. The normalized spacial score (nSPS) is 12.3. The van der Waals surface area contributed by atoms with Crippen LogP contribution in [0.5, 0.6) is 5.75 Å². The van der Waals surface area contributed by atoms with Gasteiger partial charge in [0.1, 0.15) is 16.3 Å². The number of pyridine rings is 2. The third-order valence-corrected chi connectivity index (χ3v) is 7.55. The highest BCUT2D eigenvalue weighted by Gasteiger charge is 2.19. The Kier molecular flexibility index (Phi) is 6.53. The number of thiol groups is 1. The van der Waals surface area contributed by atoms with Gasteiger partial charge in [-0.15, -0.1) is 33.1 Å². The summed E-state index contributed by atoms with van der Waals surface area (Å²) in [6, 6.07) is 22.3. The highest BCUT2D eigenvalue weighted by Crippen LogP contribution is 2.43. The van der Waals surface area contributed by atoms with E-state index >= 15 is 0 Å². The lowest BCUT2D eigenvalue weighted by Gasteiger charge is -2.10. The number of nitrogens with two attached hydrogens (primary N) is 1. The van der Waals surface area contributed by atoms with Crippen molar-refractivity contribution in [1.82, 2.24) is 9.97 Å². The molecule has 0 aliphatic heterocycles. The molecule has 41 heavy (non-hydrogen) atoms. The highest BCUT2D eigenvalue weighted by molar-refractivity contribution is 7.86. The summed E-state index contributed by atoms with van der Waals surface area (Å²) in [5.41, 5.74) is 7.92. The number of hydrogen-bond donors (Lipinski definition) is 4. The van der Waals surface area contributed by atoms with Gasteiger partial charge in [0.25, 0.3) is 10.1 Å². The molecule has 202 valence electrons. The van der Waals surface area contributed by atoms with Gasteiger partial charge in [-0.2, -0.15) is 8.42 Å². The maximum Gasteiger partial charge on any atom is 0.296 e. The van der Waals surface area contributed by atoms with Crippen LogP contribution in [-0.2, 0) is 10.1 Å². The molecule has 0 atom stereocenters.